The molecule has 3 N–H and O–H groups in total. The van der Waals surface area contributed by atoms with Crippen molar-refractivity contribution in [1.82, 2.24) is 10.2 Å². The first-order valence-corrected chi connectivity index (χ1v) is 12.4. The number of fused-ring (bicyclic) bond motifs is 2. The number of piperidine rings is 1. The first-order chi connectivity index (χ1) is 17.1. The average molecular weight is 502 g/mol. The first kappa shape index (κ1) is 24.6. The molecule has 2 saturated heterocycles. The summed E-state index contributed by atoms with van der Waals surface area (Å²) in [6.07, 6.45) is 0.0946. The molecule has 2 aliphatic heterocycles. The Kier molecular flexibility index (Phi) is 6.44. The van der Waals surface area contributed by atoms with Crippen molar-refractivity contribution in [2.75, 3.05) is 0 Å². The Hall–Kier alpha value is -3.07. The lowest BCUT2D eigenvalue weighted by atomic mass is 9.93. The van der Waals surface area contributed by atoms with Crippen molar-refractivity contribution in [2.45, 2.75) is 80.9 Å². The van der Waals surface area contributed by atoms with E-state index < -0.39 is 17.8 Å². The molecule has 0 radical (unpaired) electrons. The maximum atomic E-state index is 13.8. The zero-order valence-corrected chi connectivity index (χ0v) is 19.8. The molecule has 5 rings (SSSR count). The normalized spacial score (nSPS) is 25.2. The van der Waals surface area contributed by atoms with Crippen LogP contribution < -0.4 is 15.8 Å². The van der Waals surface area contributed by atoms with Crippen LogP contribution in [0, 0.1) is 0 Å². The molecule has 2 heterocycles. The zero-order chi connectivity index (χ0) is 25.5. The third-order valence-electron chi connectivity index (χ3n) is 7.74. The van der Waals surface area contributed by atoms with Gasteiger partial charge in [0, 0.05) is 24.5 Å². The fraction of sp³-hybridized carbons (Fsp3) is 0.481. The van der Waals surface area contributed by atoms with Gasteiger partial charge in [-0.15, -0.1) is 13.2 Å². The van der Waals surface area contributed by atoms with E-state index in [1.807, 2.05) is 35.2 Å². The molecule has 2 aromatic carbocycles. The minimum atomic E-state index is -4.78. The molecule has 36 heavy (non-hydrogen) atoms. The number of amides is 2. The summed E-state index contributed by atoms with van der Waals surface area (Å²) in [5.74, 6) is -0.697. The van der Waals surface area contributed by atoms with Gasteiger partial charge >= 0.3 is 6.36 Å². The second-order valence-electron chi connectivity index (χ2n) is 10.2. The predicted octanol–water partition coefficient (Wildman–Crippen LogP) is 3.83. The Morgan fingerprint density at radius 3 is 2.19 bits per heavy atom. The number of carbonyl (C=O) groups is 2. The number of nitrogens with zero attached hydrogens (tertiary/aromatic N) is 1. The number of halogens is 3. The summed E-state index contributed by atoms with van der Waals surface area (Å²) in [7, 11) is 0. The van der Waals surface area contributed by atoms with Crippen LogP contribution in [-0.4, -0.2) is 47.2 Å². The number of alkyl halides is 3. The Morgan fingerprint density at radius 2 is 1.64 bits per heavy atom. The van der Waals surface area contributed by atoms with Gasteiger partial charge in [-0.2, -0.15) is 0 Å². The molecule has 1 saturated carbocycles. The van der Waals surface area contributed by atoms with E-state index in [2.05, 4.69) is 10.1 Å². The third kappa shape index (κ3) is 5.07. The van der Waals surface area contributed by atoms with Gasteiger partial charge in [0.15, 0.2) is 0 Å². The molecule has 3 atom stereocenters. The SMILES string of the molecule is NC1CC2CCC(C1)N2C(=O)C(Cc1ccccc1)NC(=O)C1(c2ccc(OC(F)(F)F)cc2)CC1. The molecule has 2 bridgehead atoms. The van der Waals surface area contributed by atoms with Gasteiger partial charge in [0.25, 0.3) is 0 Å². The van der Waals surface area contributed by atoms with E-state index >= 15 is 0 Å². The first-order valence-electron chi connectivity index (χ1n) is 12.4. The molecule has 3 unspecified atom stereocenters. The number of nitrogens with one attached hydrogen (secondary N) is 1. The second-order valence-corrected chi connectivity index (χ2v) is 10.2. The van der Waals surface area contributed by atoms with E-state index in [4.69, 9.17) is 5.73 Å². The van der Waals surface area contributed by atoms with Gasteiger partial charge in [-0.25, -0.2) is 0 Å². The lowest BCUT2D eigenvalue weighted by Gasteiger charge is -2.40. The molecule has 3 fully saturated rings. The summed E-state index contributed by atoms with van der Waals surface area (Å²) in [6, 6.07) is 14.5. The van der Waals surface area contributed by atoms with Crippen LogP contribution in [0.5, 0.6) is 5.75 Å². The number of carbonyl (C=O) groups excluding carboxylic acids is 2. The van der Waals surface area contributed by atoms with E-state index in [1.165, 1.54) is 24.3 Å². The fourth-order valence-corrected chi connectivity index (χ4v) is 5.85. The van der Waals surface area contributed by atoms with Gasteiger partial charge in [-0.3, -0.25) is 9.59 Å². The van der Waals surface area contributed by atoms with Gasteiger partial charge in [0.1, 0.15) is 11.8 Å². The highest BCUT2D eigenvalue weighted by Gasteiger charge is 2.53. The predicted molar refractivity (Wildman–Crippen MR) is 127 cm³/mol. The quantitative estimate of drug-likeness (QED) is 0.604. The number of ether oxygens (including phenoxy) is 1. The number of hydrogen-bond donors (Lipinski definition) is 2. The topological polar surface area (TPSA) is 84.7 Å². The van der Waals surface area contributed by atoms with E-state index in [0.29, 0.717) is 24.8 Å². The van der Waals surface area contributed by atoms with Gasteiger partial charge in [-0.05, 0) is 61.8 Å². The van der Waals surface area contributed by atoms with Crippen molar-refractivity contribution in [2.24, 2.45) is 5.73 Å². The number of hydrogen-bond acceptors (Lipinski definition) is 4. The maximum Gasteiger partial charge on any atom is 0.573 e. The van der Waals surface area contributed by atoms with Crippen LogP contribution >= 0.6 is 0 Å². The summed E-state index contributed by atoms with van der Waals surface area (Å²) in [4.78, 5) is 29.3. The van der Waals surface area contributed by atoms with Gasteiger partial charge in [0.05, 0.1) is 5.41 Å². The highest BCUT2D eigenvalue weighted by Crippen LogP contribution is 2.49. The molecule has 6 nitrogen and oxygen atoms in total. The molecule has 9 heteroatoms. The van der Waals surface area contributed by atoms with Crippen molar-refractivity contribution in [3.8, 4) is 5.75 Å². The van der Waals surface area contributed by atoms with E-state index in [9.17, 15) is 22.8 Å². The van der Waals surface area contributed by atoms with E-state index in [-0.39, 0.29) is 35.7 Å². The number of benzene rings is 2. The van der Waals surface area contributed by atoms with Crippen molar-refractivity contribution in [3.63, 3.8) is 0 Å². The Balaban J connectivity index is 1.35. The second kappa shape index (κ2) is 9.42. The smallest absolute Gasteiger partial charge is 0.406 e. The summed E-state index contributed by atoms with van der Waals surface area (Å²) in [5, 5.41) is 3.02. The van der Waals surface area contributed by atoms with Crippen LogP contribution in [0.15, 0.2) is 54.6 Å². The van der Waals surface area contributed by atoms with Crippen molar-refractivity contribution >= 4 is 11.8 Å². The average Bonchev–Trinajstić information content (AvgIpc) is 3.59. The van der Waals surface area contributed by atoms with Crippen LogP contribution in [0.1, 0.15) is 49.7 Å². The van der Waals surface area contributed by atoms with Crippen LogP contribution in [0.25, 0.3) is 0 Å². The lowest BCUT2D eigenvalue weighted by Crippen LogP contribution is -2.58. The molecule has 1 aliphatic carbocycles. The third-order valence-corrected chi connectivity index (χ3v) is 7.74. The summed E-state index contributed by atoms with van der Waals surface area (Å²) in [5.41, 5.74) is 6.90. The minimum absolute atomic E-state index is 0.0867. The standard InChI is InChI=1S/C27H30F3N3O3/c28-27(29,30)36-22-10-6-18(7-11-22)26(12-13-26)25(35)32-23(14-17-4-2-1-3-5-17)24(34)33-20-8-9-21(33)16-19(31)15-20/h1-7,10-11,19-21,23H,8-9,12-16,31H2,(H,32,35). The monoisotopic (exact) mass is 501 g/mol. The van der Waals surface area contributed by atoms with Gasteiger partial charge in [0.2, 0.25) is 11.8 Å². The van der Waals surface area contributed by atoms with Crippen LogP contribution in [0.3, 0.4) is 0 Å². The Bertz CT molecular complexity index is 1090. The summed E-state index contributed by atoms with van der Waals surface area (Å²) in [6.45, 7) is 0. The lowest BCUT2D eigenvalue weighted by molar-refractivity contribution is -0.274. The zero-order valence-electron chi connectivity index (χ0n) is 19.8. The molecule has 3 aliphatic rings. The van der Waals surface area contributed by atoms with Gasteiger partial charge in [-0.1, -0.05) is 42.5 Å². The van der Waals surface area contributed by atoms with Crippen molar-refractivity contribution in [3.05, 3.63) is 65.7 Å². The van der Waals surface area contributed by atoms with Crippen molar-refractivity contribution < 1.29 is 27.5 Å². The van der Waals surface area contributed by atoms with E-state index in [1.54, 1.807) is 0 Å². The highest BCUT2D eigenvalue weighted by atomic mass is 19.4. The fourth-order valence-electron chi connectivity index (χ4n) is 5.85. The molecule has 2 amide bonds. The van der Waals surface area contributed by atoms with Crippen LogP contribution in [0.4, 0.5) is 13.2 Å². The van der Waals surface area contributed by atoms with Crippen LogP contribution in [0.2, 0.25) is 0 Å². The van der Waals surface area contributed by atoms with E-state index in [0.717, 1.165) is 31.2 Å². The Labute approximate surface area is 208 Å². The molecule has 192 valence electrons. The minimum Gasteiger partial charge on any atom is -0.406 e. The van der Waals surface area contributed by atoms with Crippen LogP contribution in [-0.2, 0) is 21.4 Å². The van der Waals surface area contributed by atoms with Crippen molar-refractivity contribution in [1.29, 1.82) is 0 Å². The molecule has 0 spiro atoms. The summed E-state index contributed by atoms with van der Waals surface area (Å²) >= 11 is 0. The molecular weight excluding hydrogens is 471 g/mol. The molecule has 0 aromatic heterocycles. The number of nitrogens with two attached hydrogens (primary N) is 1. The molecular formula is C27H30F3N3O3. The largest absolute Gasteiger partial charge is 0.573 e. The van der Waals surface area contributed by atoms with Gasteiger partial charge < -0.3 is 20.7 Å². The Morgan fingerprint density at radius 1 is 1.03 bits per heavy atom. The number of rotatable bonds is 7. The summed E-state index contributed by atoms with van der Waals surface area (Å²) < 4.78 is 41.5. The maximum absolute atomic E-state index is 13.8. The highest BCUT2D eigenvalue weighted by molar-refractivity contribution is 5.95. The molecule has 2 aromatic rings.